The molecule has 3 aliphatic rings. The highest BCUT2D eigenvalue weighted by molar-refractivity contribution is 6.04. The molecule has 1 aromatic heterocycles. The van der Waals surface area contributed by atoms with Crippen molar-refractivity contribution in [1.29, 1.82) is 0 Å². The van der Waals surface area contributed by atoms with Gasteiger partial charge in [0.25, 0.3) is 11.5 Å². The maximum atomic E-state index is 13.5. The molecule has 9 nitrogen and oxygen atoms in total. The molecule has 2 aromatic carbocycles. The maximum Gasteiger partial charge on any atom is 0.323 e. The van der Waals surface area contributed by atoms with Crippen LogP contribution in [0.3, 0.4) is 0 Å². The van der Waals surface area contributed by atoms with Crippen molar-refractivity contribution >= 4 is 29.0 Å². The number of aromatic nitrogens is 1. The van der Waals surface area contributed by atoms with E-state index in [9.17, 15) is 14.4 Å². The number of methoxy groups -OCH3 is 1. The number of urea groups is 1. The SMILES string of the molecule is COc1cccc(NC(=O)Nc2cc(C(=O)N[C@@H]3CCC[C@@H](C)[C@H]3C)ccc2N2C[C@H]3C[C@@H](C2)c2cccc(=O)n2C3)c1. The molecule has 43 heavy (non-hydrogen) atoms. The van der Waals surface area contributed by atoms with Gasteiger partial charge >= 0.3 is 6.03 Å². The molecule has 1 aliphatic carbocycles. The predicted molar refractivity (Wildman–Crippen MR) is 169 cm³/mol. The molecule has 5 atom stereocenters. The standard InChI is InChI=1S/C34H41N5O4/c1-21-7-4-10-28(22(21)2)36-33(41)24-13-14-31(29(16-24)37-34(42)35-26-8-5-9-27(17-26)43-3)38-18-23-15-25(20-38)30-11-6-12-32(40)39(30)19-23/h5-6,8-9,11-14,16-17,21-23,25,28H,4,7,10,15,18-20H2,1-3H3,(H,36,41)(H2,35,37,42)/t21-,22-,23-,25+,28-/m1/s1. The number of piperidine rings is 1. The van der Waals surface area contributed by atoms with Crippen molar-refractivity contribution in [3.8, 4) is 5.75 Å². The first-order chi connectivity index (χ1) is 20.8. The highest BCUT2D eigenvalue weighted by atomic mass is 16.5. The molecular formula is C34H41N5O4. The van der Waals surface area contributed by atoms with E-state index >= 15 is 0 Å². The molecule has 2 bridgehead atoms. The third-order valence-electron chi connectivity index (χ3n) is 9.68. The number of pyridine rings is 1. The number of carbonyl (C=O) groups excluding carboxylic acids is 2. The van der Waals surface area contributed by atoms with Crippen LogP contribution in [-0.2, 0) is 6.54 Å². The first kappa shape index (κ1) is 28.8. The van der Waals surface area contributed by atoms with Crippen molar-refractivity contribution in [3.63, 3.8) is 0 Å². The number of rotatable bonds is 6. The molecule has 226 valence electrons. The van der Waals surface area contributed by atoms with E-state index in [4.69, 9.17) is 4.74 Å². The van der Waals surface area contributed by atoms with Gasteiger partial charge in [0.2, 0.25) is 0 Å². The van der Waals surface area contributed by atoms with Crippen LogP contribution in [0.25, 0.3) is 0 Å². The molecule has 2 fully saturated rings. The van der Waals surface area contributed by atoms with Gasteiger partial charge < -0.3 is 30.2 Å². The van der Waals surface area contributed by atoms with E-state index in [2.05, 4.69) is 34.7 Å². The second-order valence-electron chi connectivity index (χ2n) is 12.5. The minimum atomic E-state index is -0.407. The molecule has 3 aromatic rings. The molecule has 1 saturated carbocycles. The number of ether oxygens (including phenoxy) is 1. The van der Waals surface area contributed by atoms with Gasteiger partial charge in [-0.05, 0) is 67.0 Å². The van der Waals surface area contributed by atoms with Gasteiger partial charge in [0.05, 0.1) is 18.5 Å². The lowest BCUT2D eigenvalue weighted by Gasteiger charge is -2.44. The summed E-state index contributed by atoms with van der Waals surface area (Å²) in [6.07, 6.45) is 4.30. The van der Waals surface area contributed by atoms with Crippen molar-refractivity contribution in [2.75, 3.05) is 35.7 Å². The number of anilines is 3. The number of hydrogen-bond acceptors (Lipinski definition) is 5. The molecule has 3 heterocycles. The van der Waals surface area contributed by atoms with Crippen molar-refractivity contribution in [2.45, 2.75) is 58.0 Å². The predicted octanol–water partition coefficient (Wildman–Crippen LogP) is 5.68. The van der Waals surface area contributed by atoms with Crippen molar-refractivity contribution < 1.29 is 14.3 Å². The summed E-state index contributed by atoms with van der Waals surface area (Å²) >= 11 is 0. The zero-order valence-corrected chi connectivity index (χ0v) is 25.1. The zero-order chi connectivity index (χ0) is 30.1. The van der Waals surface area contributed by atoms with E-state index in [1.807, 2.05) is 41.0 Å². The van der Waals surface area contributed by atoms with Crippen molar-refractivity contribution in [2.24, 2.45) is 17.8 Å². The summed E-state index contributed by atoms with van der Waals surface area (Å²) in [6, 6.07) is 18.0. The van der Waals surface area contributed by atoms with Gasteiger partial charge in [-0.2, -0.15) is 0 Å². The highest BCUT2D eigenvalue weighted by Gasteiger charge is 2.35. The van der Waals surface area contributed by atoms with Gasteiger partial charge in [0.15, 0.2) is 0 Å². The van der Waals surface area contributed by atoms with Gasteiger partial charge in [-0.25, -0.2) is 4.79 Å². The van der Waals surface area contributed by atoms with E-state index in [1.165, 1.54) is 6.42 Å². The van der Waals surface area contributed by atoms with Gasteiger partial charge in [-0.15, -0.1) is 0 Å². The molecule has 3 amide bonds. The van der Waals surface area contributed by atoms with Gasteiger partial charge in [0, 0.05) is 60.7 Å². The lowest BCUT2D eigenvalue weighted by molar-refractivity contribution is 0.0891. The number of nitrogens with zero attached hydrogens (tertiary/aromatic N) is 2. The van der Waals surface area contributed by atoms with Crippen LogP contribution in [0.15, 0.2) is 65.5 Å². The Bertz CT molecular complexity index is 1570. The van der Waals surface area contributed by atoms with E-state index in [-0.39, 0.29) is 23.4 Å². The number of fused-ring (bicyclic) bond motifs is 4. The first-order valence-corrected chi connectivity index (χ1v) is 15.4. The smallest absolute Gasteiger partial charge is 0.323 e. The summed E-state index contributed by atoms with van der Waals surface area (Å²) < 4.78 is 7.21. The van der Waals surface area contributed by atoms with Crippen LogP contribution in [0.1, 0.15) is 61.5 Å². The fourth-order valence-corrected chi connectivity index (χ4v) is 7.17. The topological polar surface area (TPSA) is 105 Å². The molecule has 3 N–H and O–H groups in total. The lowest BCUT2D eigenvalue weighted by Crippen LogP contribution is -2.47. The Morgan fingerprint density at radius 1 is 0.930 bits per heavy atom. The second kappa shape index (κ2) is 12.1. The van der Waals surface area contributed by atoms with E-state index in [1.54, 1.807) is 31.4 Å². The van der Waals surface area contributed by atoms with Crippen LogP contribution in [0.5, 0.6) is 5.75 Å². The Kier molecular flexibility index (Phi) is 8.15. The van der Waals surface area contributed by atoms with Gasteiger partial charge in [-0.3, -0.25) is 9.59 Å². The molecule has 6 rings (SSSR count). The summed E-state index contributed by atoms with van der Waals surface area (Å²) in [7, 11) is 1.58. The third kappa shape index (κ3) is 6.12. The maximum absolute atomic E-state index is 13.5. The second-order valence-corrected chi connectivity index (χ2v) is 12.5. The molecule has 0 unspecified atom stereocenters. The number of hydrogen-bond donors (Lipinski definition) is 3. The number of carbonyl (C=O) groups is 2. The van der Waals surface area contributed by atoms with E-state index in [0.717, 1.165) is 43.7 Å². The van der Waals surface area contributed by atoms with Crippen LogP contribution in [0.4, 0.5) is 21.9 Å². The quantitative estimate of drug-likeness (QED) is 0.346. The third-order valence-corrected chi connectivity index (χ3v) is 9.68. The fourth-order valence-electron chi connectivity index (χ4n) is 7.17. The summed E-state index contributed by atoms with van der Waals surface area (Å²) in [5.41, 5.74) is 3.66. The summed E-state index contributed by atoms with van der Waals surface area (Å²) in [5, 5.41) is 9.20. The number of amides is 3. The Labute approximate surface area is 252 Å². The van der Waals surface area contributed by atoms with Gasteiger partial charge in [0.1, 0.15) is 5.75 Å². The summed E-state index contributed by atoms with van der Waals surface area (Å²) in [6.45, 7) is 6.62. The Balaban J connectivity index is 1.27. The van der Waals surface area contributed by atoms with Gasteiger partial charge in [-0.1, -0.05) is 38.8 Å². The van der Waals surface area contributed by atoms with Crippen LogP contribution in [-0.4, -0.2) is 42.7 Å². The lowest BCUT2D eigenvalue weighted by atomic mass is 9.78. The van der Waals surface area contributed by atoms with Crippen LogP contribution < -0.4 is 31.1 Å². The minimum absolute atomic E-state index is 0.0502. The molecule has 9 heteroatoms. The largest absolute Gasteiger partial charge is 0.497 e. The zero-order valence-electron chi connectivity index (χ0n) is 25.1. The molecule has 2 aliphatic heterocycles. The molecule has 0 spiro atoms. The molecular weight excluding hydrogens is 542 g/mol. The Morgan fingerprint density at radius 3 is 2.60 bits per heavy atom. The summed E-state index contributed by atoms with van der Waals surface area (Å²) in [4.78, 5) is 41.6. The van der Waals surface area contributed by atoms with E-state index < -0.39 is 6.03 Å². The average Bonchev–Trinajstić information content (AvgIpc) is 3.00. The van der Waals surface area contributed by atoms with E-state index in [0.29, 0.717) is 47.0 Å². The van der Waals surface area contributed by atoms with Crippen molar-refractivity contribution in [1.82, 2.24) is 9.88 Å². The van der Waals surface area contributed by atoms with Crippen LogP contribution >= 0.6 is 0 Å². The van der Waals surface area contributed by atoms with Crippen LogP contribution in [0, 0.1) is 17.8 Å². The molecule has 1 saturated heterocycles. The minimum Gasteiger partial charge on any atom is -0.497 e. The monoisotopic (exact) mass is 583 g/mol. The fraction of sp³-hybridized carbons (Fsp3) is 0.441. The Hall–Kier alpha value is -4.27. The number of benzene rings is 2. The van der Waals surface area contributed by atoms with Crippen molar-refractivity contribution in [3.05, 3.63) is 82.3 Å². The highest BCUT2D eigenvalue weighted by Crippen LogP contribution is 2.39. The Morgan fingerprint density at radius 2 is 1.77 bits per heavy atom. The number of nitrogens with one attached hydrogen (secondary N) is 3. The average molecular weight is 584 g/mol. The van der Waals surface area contributed by atoms with Crippen LogP contribution in [0.2, 0.25) is 0 Å². The molecule has 0 radical (unpaired) electrons. The summed E-state index contributed by atoms with van der Waals surface area (Å²) in [5.74, 6) is 2.00. The normalized spacial score (nSPS) is 24.4. The first-order valence-electron chi connectivity index (χ1n) is 15.4.